The van der Waals surface area contributed by atoms with Crippen LogP contribution in [0.1, 0.15) is 11.1 Å². The number of thioether (sulfide) groups is 1. The van der Waals surface area contributed by atoms with Crippen LogP contribution in [0.3, 0.4) is 0 Å². The maximum atomic E-state index is 5.23. The maximum Gasteiger partial charge on any atom is 0.122 e. The van der Waals surface area contributed by atoms with Gasteiger partial charge in [-0.05, 0) is 37.1 Å². The summed E-state index contributed by atoms with van der Waals surface area (Å²) in [6, 6.07) is 4.22. The highest BCUT2D eigenvalue weighted by Crippen LogP contribution is 2.29. The van der Waals surface area contributed by atoms with E-state index in [9.17, 15) is 0 Å². The Bertz CT molecular complexity index is 297. The smallest absolute Gasteiger partial charge is 0.122 e. The van der Waals surface area contributed by atoms with Gasteiger partial charge in [0.1, 0.15) is 5.75 Å². The molecule has 72 valence electrons. The average Bonchev–Trinajstić information content (AvgIpc) is 2.11. The van der Waals surface area contributed by atoms with Gasteiger partial charge in [-0.3, -0.25) is 0 Å². The molecule has 0 heterocycles. The predicted molar refractivity (Wildman–Crippen MR) is 62.2 cm³/mol. The Morgan fingerprint density at radius 1 is 1.31 bits per heavy atom. The summed E-state index contributed by atoms with van der Waals surface area (Å²) in [6.45, 7) is 4.15. The molecule has 0 spiro atoms. The molecule has 1 nitrogen and oxygen atoms in total. The Labute approximate surface area is 89.3 Å². The molecule has 0 N–H and O–H groups in total. The fourth-order valence-corrected chi connectivity index (χ4v) is 2.31. The summed E-state index contributed by atoms with van der Waals surface area (Å²) in [5.41, 5.74) is 2.43. The largest absolute Gasteiger partial charge is 0.496 e. The number of hydrogen-bond donors (Lipinski definition) is 1. The summed E-state index contributed by atoms with van der Waals surface area (Å²) in [6.07, 6.45) is 0. The average molecular weight is 214 g/mol. The topological polar surface area (TPSA) is 9.23 Å². The SMILES string of the molecule is COc1cc(C)c(SCS)cc1C. The summed E-state index contributed by atoms with van der Waals surface area (Å²) in [7, 11) is 1.70. The zero-order valence-electron chi connectivity index (χ0n) is 8.13. The monoisotopic (exact) mass is 214 g/mol. The molecule has 0 saturated heterocycles. The van der Waals surface area contributed by atoms with E-state index in [0.717, 1.165) is 10.8 Å². The molecule has 0 aromatic heterocycles. The molecule has 0 aliphatic carbocycles. The van der Waals surface area contributed by atoms with Crippen LogP contribution in [-0.2, 0) is 0 Å². The van der Waals surface area contributed by atoms with Gasteiger partial charge in [-0.2, -0.15) is 12.6 Å². The molecular weight excluding hydrogens is 200 g/mol. The van der Waals surface area contributed by atoms with Crippen LogP contribution in [-0.4, -0.2) is 12.2 Å². The van der Waals surface area contributed by atoms with Crippen LogP contribution in [0.15, 0.2) is 17.0 Å². The molecule has 13 heavy (non-hydrogen) atoms. The highest BCUT2D eigenvalue weighted by atomic mass is 32.2. The quantitative estimate of drug-likeness (QED) is 0.470. The lowest BCUT2D eigenvalue weighted by atomic mass is 10.1. The van der Waals surface area contributed by atoms with Gasteiger partial charge in [0, 0.05) is 9.98 Å². The second-order valence-corrected chi connectivity index (χ2v) is 4.62. The van der Waals surface area contributed by atoms with Crippen LogP contribution >= 0.6 is 24.4 Å². The molecular formula is C10H14OS2. The molecule has 1 aromatic carbocycles. The van der Waals surface area contributed by atoms with Crippen molar-refractivity contribution in [1.82, 2.24) is 0 Å². The summed E-state index contributed by atoms with van der Waals surface area (Å²) >= 11 is 5.94. The Morgan fingerprint density at radius 3 is 2.54 bits per heavy atom. The van der Waals surface area contributed by atoms with Crippen molar-refractivity contribution in [2.45, 2.75) is 18.7 Å². The standard InChI is InChI=1S/C10H14OS2/c1-7-5-10(13-6-12)8(2)4-9(7)11-3/h4-5,12H,6H2,1-3H3. The first-order chi connectivity index (χ1) is 6.19. The van der Waals surface area contributed by atoms with Crippen molar-refractivity contribution in [2.75, 3.05) is 12.2 Å². The van der Waals surface area contributed by atoms with Crippen molar-refractivity contribution in [1.29, 1.82) is 0 Å². The zero-order valence-corrected chi connectivity index (χ0v) is 9.84. The van der Waals surface area contributed by atoms with Crippen LogP contribution in [0.25, 0.3) is 0 Å². The molecule has 0 bridgehead atoms. The normalized spacial score (nSPS) is 10.2. The molecule has 0 atom stereocenters. The van der Waals surface area contributed by atoms with E-state index in [4.69, 9.17) is 4.74 Å². The van der Waals surface area contributed by atoms with Crippen LogP contribution in [0, 0.1) is 13.8 Å². The van der Waals surface area contributed by atoms with Gasteiger partial charge in [0.15, 0.2) is 0 Å². The van der Waals surface area contributed by atoms with Crippen LogP contribution in [0.5, 0.6) is 5.75 Å². The lowest BCUT2D eigenvalue weighted by molar-refractivity contribution is 0.411. The fourth-order valence-electron chi connectivity index (χ4n) is 1.21. The predicted octanol–water partition coefficient (Wildman–Crippen LogP) is 3.29. The van der Waals surface area contributed by atoms with Crippen molar-refractivity contribution in [2.24, 2.45) is 0 Å². The second kappa shape index (κ2) is 4.82. The van der Waals surface area contributed by atoms with E-state index < -0.39 is 0 Å². The summed E-state index contributed by atoms with van der Waals surface area (Å²) in [4.78, 5) is 1.29. The van der Waals surface area contributed by atoms with E-state index in [-0.39, 0.29) is 0 Å². The van der Waals surface area contributed by atoms with Gasteiger partial charge >= 0.3 is 0 Å². The number of rotatable bonds is 3. The highest BCUT2D eigenvalue weighted by molar-refractivity contribution is 8.09. The Hall–Kier alpha value is -0.280. The molecule has 3 heteroatoms. The third-order valence-electron chi connectivity index (χ3n) is 1.91. The molecule has 0 saturated carbocycles. The third kappa shape index (κ3) is 2.58. The van der Waals surface area contributed by atoms with Gasteiger partial charge in [0.25, 0.3) is 0 Å². The molecule has 0 aliphatic rings. The minimum Gasteiger partial charge on any atom is -0.496 e. The maximum absolute atomic E-state index is 5.23. The minimum absolute atomic E-state index is 0.812. The third-order valence-corrected chi connectivity index (χ3v) is 3.18. The van der Waals surface area contributed by atoms with Crippen molar-refractivity contribution in [3.63, 3.8) is 0 Å². The summed E-state index contributed by atoms with van der Waals surface area (Å²) < 4.78 is 5.23. The van der Waals surface area contributed by atoms with E-state index in [1.165, 1.54) is 16.0 Å². The first-order valence-corrected chi connectivity index (χ1v) is 5.69. The fraction of sp³-hybridized carbons (Fsp3) is 0.400. The van der Waals surface area contributed by atoms with Crippen molar-refractivity contribution in [3.05, 3.63) is 23.3 Å². The highest BCUT2D eigenvalue weighted by Gasteiger charge is 2.03. The molecule has 0 aliphatic heterocycles. The van der Waals surface area contributed by atoms with E-state index >= 15 is 0 Å². The Balaban J connectivity index is 3.05. The van der Waals surface area contributed by atoms with E-state index in [2.05, 4.69) is 38.6 Å². The Morgan fingerprint density at radius 2 is 2.00 bits per heavy atom. The van der Waals surface area contributed by atoms with Gasteiger partial charge in [-0.1, -0.05) is 0 Å². The lowest BCUT2D eigenvalue weighted by Gasteiger charge is -2.09. The number of ether oxygens (including phenoxy) is 1. The van der Waals surface area contributed by atoms with Gasteiger partial charge in [-0.25, -0.2) is 0 Å². The van der Waals surface area contributed by atoms with E-state index in [1.54, 1.807) is 18.9 Å². The lowest BCUT2D eigenvalue weighted by Crippen LogP contribution is -1.90. The van der Waals surface area contributed by atoms with E-state index in [0.29, 0.717) is 0 Å². The first-order valence-electron chi connectivity index (χ1n) is 4.08. The Kier molecular flexibility index (Phi) is 4.00. The molecule has 0 amide bonds. The molecule has 1 rings (SSSR count). The van der Waals surface area contributed by atoms with Crippen molar-refractivity contribution >= 4 is 24.4 Å². The number of thiol groups is 1. The van der Waals surface area contributed by atoms with Crippen molar-refractivity contribution in [3.8, 4) is 5.75 Å². The number of hydrogen-bond acceptors (Lipinski definition) is 3. The molecule has 0 fully saturated rings. The molecule has 0 radical (unpaired) electrons. The van der Waals surface area contributed by atoms with Crippen LogP contribution in [0.4, 0.5) is 0 Å². The summed E-state index contributed by atoms with van der Waals surface area (Å²) in [5.74, 6) is 0.959. The number of methoxy groups -OCH3 is 1. The van der Waals surface area contributed by atoms with Crippen LogP contribution < -0.4 is 4.74 Å². The summed E-state index contributed by atoms with van der Waals surface area (Å²) in [5, 5.41) is 0.812. The second-order valence-electron chi connectivity index (χ2n) is 2.86. The number of aryl methyl sites for hydroxylation is 2. The van der Waals surface area contributed by atoms with Gasteiger partial charge in [0.05, 0.1) is 7.11 Å². The number of benzene rings is 1. The van der Waals surface area contributed by atoms with Crippen LogP contribution in [0.2, 0.25) is 0 Å². The van der Waals surface area contributed by atoms with Gasteiger partial charge < -0.3 is 4.74 Å². The van der Waals surface area contributed by atoms with E-state index in [1.807, 2.05) is 0 Å². The van der Waals surface area contributed by atoms with Gasteiger partial charge in [-0.15, -0.1) is 11.8 Å². The van der Waals surface area contributed by atoms with Gasteiger partial charge in [0.2, 0.25) is 0 Å². The molecule has 1 aromatic rings. The minimum atomic E-state index is 0.812. The zero-order chi connectivity index (χ0) is 9.84. The first kappa shape index (κ1) is 10.8. The van der Waals surface area contributed by atoms with Crippen molar-refractivity contribution < 1.29 is 4.74 Å². The molecule has 0 unspecified atom stereocenters.